The van der Waals surface area contributed by atoms with Crippen LogP contribution in [0, 0.1) is 0 Å². The van der Waals surface area contributed by atoms with E-state index in [4.69, 9.17) is 9.47 Å². The van der Waals surface area contributed by atoms with Crippen LogP contribution in [0.1, 0.15) is 39.0 Å². The zero-order valence-corrected chi connectivity index (χ0v) is 12.8. The number of carbonyl (C=O) groups excluding carboxylic acids is 1. The van der Waals surface area contributed by atoms with Gasteiger partial charge in [-0.3, -0.25) is 4.79 Å². The predicted molar refractivity (Wildman–Crippen MR) is 77.7 cm³/mol. The van der Waals surface area contributed by atoms with E-state index in [1.807, 2.05) is 11.9 Å². The molecule has 0 aromatic heterocycles. The Labute approximate surface area is 122 Å². The lowest BCUT2D eigenvalue weighted by molar-refractivity contribution is -0.159. The zero-order valence-electron chi connectivity index (χ0n) is 12.8. The lowest BCUT2D eigenvalue weighted by atomic mass is 9.90. The quantitative estimate of drug-likeness (QED) is 0.823. The second-order valence-electron chi connectivity index (χ2n) is 5.84. The highest BCUT2D eigenvalue weighted by molar-refractivity contribution is 5.81. The third-order valence-electron chi connectivity index (χ3n) is 4.37. The van der Waals surface area contributed by atoms with Crippen molar-refractivity contribution in [1.29, 1.82) is 0 Å². The first-order valence-electron chi connectivity index (χ1n) is 7.91. The molecule has 1 saturated heterocycles. The van der Waals surface area contributed by atoms with E-state index in [9.17, 15) is 4.79 Å². The van der Waals surface area contributed by atoms with Gasteiger partial charge in [0, 0.05) is 19.1 Å². The summed E-state index contributed by atoms with van der Waals surface area (Å²) in [6.45, 7) is 4.81. The van der Waals surface area contributed by atoms with Crippen molar-refractivity contribution in [3.05, 3.63) is 0 Å². The average molecular weight is 284 g/mol. The second kappa shape index (κ2) is 7.96. The summed E-state index contributed by atoms with van der Waals surface area (Å²) in [5, 5.41) is 3.58. The van der Waals surface area contributed by atoms with Gasteiger partial charge in [-0.15, -0.1) is 0 Å². The summed E-state index contributed by atoms with van der Waals surface area (Å²) in [6, 6.07) is 0.983. The molecule has 2 rings (SSSR count). The number of likely N-dealkylation sites (N-methyl/N-ethyl adjacent to an activating group) is 1. The van der Waals surface area contributed by atoms with Gasteiger partial charge in [0.1, 0.15) is 0 Å². The number of nitrogens with one attached hydrogen (secondary N) is 1. The van der Waals surface area contributed by atoms with Gasteiger partial charge in [-0.1, -0.05) is 6.92 Å². The van der Waals surface area contributed by atoms with Crippen LogP contribution in [0.15, 0.2) is 0 Å². The Bertz CT molecular complexity index is 297. The number of carbonyl (C=O) groups is 1. The maximum atomic E-state index is 12.4. The Kier molecular flexibility index (Phi) is 6.26. The highest BCUT2D eigenvalue weighted by Crippen LogP contribution is 2.23. The van der Waals surface area contributed by atoms with Gasteiger partial charge in [0.2, 0.25) is 0 Å². The van der Waals surface area contributed by atoms with Gasteiger partial charge in [0.05, 0.1) is 19.8 Å². The van der Waals surface area contributed by atoms with Crippen molar-refractivity contribution in [2.75, 3.05) is 33.4 Å². The van der Waals surface area contributed by atoms with E-state index in [0.29, 0.717) is 31.9 Å². The summed E-state index contributed by atoms with van der Waals surface area (Å²) in [6.07, 6.45) is 5.25. The number of ether oxygens (including phenoxy) is 2. The van der Waals surface area contributed by atoms with Gasteiger partial charge in [0.25, 0.3) is 5.91 Å². The molecule has 1 saturated carbocycles. The van der Waals surface area contributed by atoms with Crippen LogP contribution in [-0.2, 0) is 14.3 Å². The smallest absolute Gasteiger partial charge is 0.254 e. The van der Waals surface area contributed by atoms with Crippen LogP contribution in [0.3, 0.4) is 0 Å². The molecule has 1 unspecified atom stereocenters. The largest absolute Gasteiger partial charge is 0.376 e. The first kappa shape index (κ1) is 15.7. The van der Waals surface area contributed by atoms with E-state index in [1.165, 1.54) is 6.42 Å². The van der Waals surface area contributed by atoms with Crippen LogP contribution in [0.25, 0.3) is 0 Å². The summed E-state index contributed by atoms with van der Waals surface area (Å²) in [5.41, 5.74) is 0. The number of amides is 1. The summed E-state index contributed by atoms with van der Waals surface area (Å²) < 4.78 is 10.8. The van der Waals surface area contributed by atoms with Crippen molar-refractivity contribution in [2.45, 2.75) is 57.2 Å². The van der Waals surface area contributed by atoms with Crippen LogP contribution in [0.4, 0.5) is 0 Å². The fourth-order valence-electron chi connectivity index (χ4n) is 3.05. The van der Waals surface area contributed by atoms with Crippen LogP contribution in [-0.4, -0.2) is 62.4 Å². The molecule has 0 aromatic carbocycles. The van der Waals surface area contributed by atoms with Crippen molar-refractivity contribution in [3.8, 4) is 0 Å². The minimum Gasteiger partial charge on any atom is -0.376 e. The minimum absolute atomic E-state index is 0.0784. The Morgan fingerprint density at radius 1 is 1.25 bits per heavy atom. The Morgan fingerprint density at radius 2 is 2.00 bits per heavy atom. The van der Waals surface area contributed by atoms with E-state index >= 15 is 0 Å². The zero-order chi connectivity index (χ0) is 14.4. The van der Waals surface area contributed by atoms with E-state index in [0.717, 1.165) is 32.2 Å². The summed E-state index contributed by atoms with van der Waals surface area (Å²) in [5.74, 6) is 0.0784. The molecule has 1 N–H and O–H groups in total. The number of rotatable bonds is 5. The summed E-state index contributed by atoms with van der Waals surface area (Å²) >= 11 is 0. The molecule has 2 aliphatic rings. The summed E-state index contributed by atoms with van der Waals surface area (Å²) in [4.78, 5) is 14.2. The van der Waals surface area contributed by atoms with Gasteiger partial charge in [-0.25, -0.2) is 0 Å². The van der Waals surface area contributed by atoms with Crippen molar-refractivity contribution in [3.63, 3.8) is 0 Å². The molecule has 0 spiro atoms. The monoisotopic (exact) mass is 284 g/mol. The third kappa shape index (κ3) is 4.17. The number of hydrogen-bond acceptors (Lipinski definition) is 4. The molecule has 1 amide bonds. The van der Waals surface area contributed by atoms with Gasteiger partial charge >= 0.3 is 0 Å². The molecule has 1 heterocycles. The molecular weight excluding hydrogens is 256 g/mol. The predicted octanol–water partition coefficient (Wildman–Crippen LogP) is 1.17. The minimum atomic E-state index is -0.398. The first-order valence-corrected chi connectivity index (χ1v) is 7.91. The third-order valence-corrected chi connectivity index (χ3v) is 4.37. The van der Waals surface area contributed by atoms with E-state index in [2.05, 4.69) is 12.2 Å². The Morgan fingerprint density at radius 3 is 2.60 bits per heavy atom. The van der Waals surface area contributed by atoms with Crippen LogP contribution < -0.4 is 5.32 Å². The molecule has 1 aliphatic carbocycles. The van der Waals surface area contributed by atoms with Crippen molar-refractivity contribution >= 4 is 5.91 Å². The lowest BCUT2D eigenvalue weighted by Gasteiger charge is -2.37. The molecule has 2 fully saturated rings. The maximum Gasteiger partial charge on any atom is 0.254 e. The molecule has 116 valence electrons. The Balaban J connectivity index is 1.75. The molecule has 20 heavy (non-hydrogen) atoms. The van der Waals surface area contributed by atoms with Crippen LogP contribution >= 0.6 is 0 Å². The highest BCUT2D eigenvalue weighted by Gasteiger charge is 2.31. The number of nitrogens with zero attached hydrogens (tertiary/aromatic N) is 1. The fourth-order valence-corrected chi connectivity index (χ4v) is 3.05. The van der Waals surface area contributed by atoms with Gasteiger partial charge in [-0.05, 0) is 38.6 Å². The lowest BCUT2D eigenvalue weighted by Crippen LogP contribution is -2.49. The fraction of sp³-hybridized carbons (Fsp3) is 0.933. The van der Waals surface area contributed by atoms with Gasteiger partial charge < -0.3 is 19.7 Å². The van der Waals surface area contributed by atoms with Crippen molar-refractivity contribution in [2.24, 2.45) is 0 Å². The van der Waals surface area contributed by atoms with Crippen LogP contribution in [0.2, 0.25) is 0 Å². The van der Waals surface area contributed by atoms with E-state index in [1.54, 1.807) is 0 Å². The number of hydrogen-bond donors (Lipinski definition) is 1. The molecule has 0 bridgehead atoms. The molecule has 5 nitrogen and oxygen atoms in total. The standard InChI is InChI=1S/C15H28N2O3/c1-3-8-16-12-4-6-13(7-5-12)17(2)15(18)14-11-19-9-10-20-14/h12-14,16H,3-11H2,1-2H3. The average Bonchev–Trinajstić information content (AvgIpc) is 2.53. The van der Waals surface area contributed by atoms with Gasteiger partial charge in [0.15, 0.2) is 6.10 Å². The molecular formula is C15H28N2O3. The molecule has 5 heteroatoms. The van der Waals surface area contributed by atoms with Crippen molar-refractivity contribution < 1.29 is 14.3 Å². The van der Waals surface area contributed by atoms with E-state index in [-0.39, 0.29) is 5.91 Å². The van der Waals surface area contributed by atoms with E-state index < -0.39 is 6.10 Å². The maximum absolute atomic E-state index is 12.4. The SMILES string of the molecule is CCCNC1CCC(N(C)C(=O)C2COCCO2)CC1. The first-order chi connectivity index (χ1) is 9.72. The normalized spacial score (nSPS) is 31.0. The topological polar surface area (TPSA) is 50.8 Å². The highest BCUT2D eigenvalue weighted by atomic mass is 16.6. The summed E-state index contributed by atoms with van der Waals surface area (Å²) in [7, 11) is 1.91. The molecule has 0 aromatic rings. The van der Waals surface area contributed by atoms with Gasteiger partial charge in [-0.2, -0.15) is 0 Å². The second-order valence-corrected chi connectivity index (χ2v) is 5.84. The molecule has 1 aliphatic heterocycles. The Hall–Kier alpha value is -0.650. The molecule has 1 atom stereocenters. The van der Waals surface area contributed by atoms with Crippen molar-refractivity contribution in [1.82, 2.24) is 10.2 Å². The van der Waals surface area contributed by atoms with Crippen LogP contribution in [0.5, 0.6) is 0 Å². The molecule has 0 radical (unpaired) electrons.